The number of nitrogens with zero attached hydrogens (tertiary/aromatic N) is 1. The van der Waals surface area contributed by atoms with Gasteiger partial charge in [-0.3, -0.25) is 9.59 Å². The van der Waals surface area contributed by atoms with Crippen LogP contribution in [0.15, 0.2) is 12.1 Å². The van der Waals surface area contributed by atoms with Crippen molar-refractivity contribution in [1.82, 2.24) is 10.2 Å². The fourth-order valence-electron chi connectivity index (χ4n) is 2.50. The number of carbonyl (C=O) groups is 2. The summed E-state index contributed by atoms with van der Waals surface area (Å²) >= 11 is 6.07. The Bertz CT molecular complexity index is 631. The molecule has 1 saturated heterocycles. The molecule has 2 aliphatic heterocycles. The van der Waals surface area contributed by atoms with Crippen LogP contribution in [-0.4, -0.2) is 55.9 Å². The van der Waals surface area contributed by atoms with Gasteiger partial charge in [0.25, 0.3) is 5.91 Å². The van der Waals surface area contributed by atoms with Crippen molar-refractivity contribution >= 4 is 23.4 Å². The van der Waals surface area contributed by atoms with Crippen LogP contribution < -0.4 is 14.8 Å². The number of carbonyl (C=O) groups excluding carboxylic acids is 2. The highest BCUT2D eigenvalue weighted by Gasteiger charge is 2.25. The van der Waals surface area contributed by atoms with E-state index in [9.17, 15) is 9.59 Å². The van der Waals surface area contributed by atoms with Gasteiger partial charge in [0.2, 0.25) is 12.7 Å². The minimum absolute atomic E-state index is 0.0754. The standard InChI is InChI=1S/C15H17ClN2O5/c1-9(15(20)18-2-4-21-5-3-18)17-14(19)10-6-11(16)13-12(7-10)22-8-23-13/h6-7,9H,2-5,8H2,1H3,(H,17,19). The molecule has 23 heavy (non-hydrogen) atoms. The predicted molar refractivity (Wildman–Crippen MR) is 81.9 cm³/mol. The number of benzene rings is 1. The first kappa shape index (κ1) is 15.9. The van der Waals surface area contributed by atoms with E-state index in [4.69, 9.17) is 25.8 Å². The van der Waals surface area contributed by atoms with Crippen LogP contribution in [0.2, 0.25) is 5.02 Å². The molecule has 1 unspecified atom stereocenters. The summed E-state index contributed by atoms with van der Waals surface area (Å²) in [6.07, 6.45) is 0. The van der Waals surface area contributed by atoms with Gasteiger partial charge in [-0.05, 0) is 19.1 Å². The van der Waals surface area contributed by atoms with Gasteiger partial charge in [0.1, 0.15) is 6.04 Å². The number of fused-ring (bicyclic) bond motifs is 1. The summed E-state index contributed by atoms with van der Waals surface area (Å²) in [4.78, 5) is 26.3. The van der Waals surface area contributed by atoms with Gasteiger partial charge in [-0.1, -0.05) is 11.6 Å². The molecule has 2 amide bonds. The number of amides is 2. The Balaban J connectivity index is 1.66. The van der Waals surface area contributed by atoms with Crippen LogP contribution in [0, 0.1) is 0 Å². The van der Waals surface area contributed by atoms with E-state index in [1.54, 1.807) is 17.9 Å². The molecule has 0 spiro atoms. The first-order valence-electron chi connectivity index (χ1n) is 7.33. The monoisotopic (exact) mass is 340 g/mol. The van der Waals surface area contributed by atoms with Crippen molar-refractivity contribution in [3.8, 4) is 11.5 Å². The molecule has 1 aromatic rings. The molecule has 8 heteroatoms. The van der Waals surface area contributed by atoms with E-state index in [1.165, 1.54) is 6.07 Å². The van der Waals surface area contributed by atoms with Crippen molar-refractivity contribution in [2.75, 3.05) is 33.1 Å². The van der Waals surface area contributed by atoms with Crippen molar-refractivity contribution in [3.05, 3.63) is 22.7 Å². The molecule has 2 heterocycles. The number of hydrogen-bond donors (Lipinski definition) is 1. The maximum absolute atomic E-state index is 12.3. The van der Waals surface area contributed by atoms with E-state index in [0.717, 1.165) is 0 Å². The molecule has 0 saturated carbocycles. The highest BCUT2D eigenvalue weighted by Crippen LogP contribution is 2.39. The van der Waals surface area contributed by atoms with Crippen LogP contribution in [0.25, 0.3) is 0 Å². The Labute approximate surface area is 138 Å². The molecule has 0 aliphatic carbocycles. The fraction of sp³-hybridized carbons (Fsp3) is 0.467. The summed E-state index contributed by atoms with van der Waals surface area (Å²) in [7, 11) is 0. The smallest absolute Gasteiger partial charge is 0.252 e. The van der Waals surface area contributed by atoms with E-state index in [-0.39, 0.29) is 18.6 Å². The fourth-order valence-corrected chi connectivity index (χ4v) is 2.76. The van der Waals surface area contributed by atoms with Crippen molar-refractivity contribution in [2.24, 2.45) is 0 Å². The third-order valence-electron chi connectivity index (χ3n) is 3.73. The Morgan fingerprint density at radius 2 is 2.00 bits per heavy atom. The SMILES string of the molecule is CC(NC(=O)c1cc(Cl)c2c(c1)OCO2)C(=O)N1CCOCC1. The average Bonchev–Trinajstić information content (AvgIpc) is 3.04. The number of hydrogen-bond acceptors (Lipinski definition) is 5. The van der Waals surface area contributed by atoms with E-state index in [1.807, 2.05) is 0 Å². The summed E-state index contributed by atoms with van der Waals surface area (Å²) in [6.45, 7) is 3.84. The molecule has 1 aromatic carbocycles. The quantitative estimate of drug-likeness (QED) is 0.890. The number of rotatable bonds is 3. The topological polar surface area (TPSA) is 77.1 Å². The van der Waals surface area contributed by atoms with Crippen LogP contribution >= 0.6 is 11.6 Å². The van der Waals surface area contributed by atoms with Gasteiger partial charge in [-0.15, -0.1) is 0 Å². The van der Waals surface area contributed by atoms with E-state index < -0.39 is 6.04 Å². The highest BCUT2D eigenvalue weighted by atomic mass is 35.5. The summed E-state index contributed by atoms with van der Waals surface area (Å²) in [5, 5.41) is 2.99. The summed E-state index contributed by atoms with van der Waals surface area (Å²) < 4.78 is 15.7. The number of halogens is 1. The molecule has 2 aliphatic rings. The molecule has 0 radical (unpaired) electrons. The van der Waals surface area contributed by atoms with Crippen molar-refractivity contribution in [2.45, 2.75) is 13.0 Å². The third-order valence-corrected chi connectivity index (χ3v) is 4.01. The van der Waals surface area contributed by atoms with E-state index in [2.05, 4.69) is 5.32 Å². The van der Waals surface area contributed by atoms with Gasteiger partial charge in [0.15, 0.2) is 11.5 Å². The number of nitrogens with one attached hydrogen (secondary N) is 1. The second kappa shape index (κ2) is 6.64. The Morgan fingerprint density at radius 1 is 1.26 bits per heavy atom. The van der Waals surface area contributed by atoms with Crippen LogP contribution in [0.4, 0.5) is 0 Å². The molecule has 0 bridgehead atoms. The normalized spacial score (nSPS) is 17.7. The Kier molecular flexibility index (Phi) is 4.58. The van der Waals surface area contributed by atoms with Gasteiger partial charge < -0.3 is 24.4 Å². The van der Waals surface area contributed by atoms with E-state index in [0.29, 0.717) is 48.4 Å². The molecule has 1 fully saturated rings. The lowest BCUT2D eigenvalue weighted by molar-refractivity contribution is -0.136. The van der Waals surface area contributed by atoms with Gasteiger partial charge in [0.05, 0.1) is 18.2 Å². The average molecular weight is 341 g/mol. The van der Waals surface area contributed by atoms with E-state index >= 15 is 0 Å². The van der Waals surface area contributed by atoms with Gasteiger partial charge >= 0.3 is 0 Å². The molecule has 124 valence electrons. The number of morpholine rings is 1. The predicted octanol–water partition coefficient (Wildman–Crippen LogP) is 1.05. The van der Waals surface area contributed by atoms with Crippen molar-refractivity contribution in [3.63, 3.8) is 0 Å². The zero-order chi connectivity index (χ0) is 16.4. The summed E-state index contributed by atoms with van der Waals surface area (Å²) in [6, 6.07) is 2.41. The van der Waals surface area contributed by atoms with Crippen molar-refractivity contribution in [1.29, 1.82) is 0 Å². The lowest BCUT2D eigenvalue weighted by Crippen LogP contribution is -2.50. The molecule has 1 N–H and O–H groups in total. The van der Waals surface area contributed by atoms with Crippen LogP contribution in [-0.2, 0) is 9.53 Å². The first-order chi connectivity index (χ1) is 11.1. The Morgan fingerprint density at radius 3 is 2.74 bits per heavy atom. The largest absolute Gasteiger partial charge is 0.454 e. The lowest BCUT2D eigenvalue weighted by Gasteiger charge is -2.29. The second-order valence-electron chi connectivity index (χ2n) is 5.32. The lowest BCUT2D eigenvalue weighted by atomic mass is 10.1. The summed E-state index contributed by atoms with van der Waals surface area (Å²) in [5.41, 5.74) is 0.320. The third kappa shape index (κ3) is 3.35. The molecular weight excluding hydrogens is 324 g/mol. The van der Waals surface area contributed by atoms with Gasteiger partial charge in [0, 0.05) is 18.7 Å². The molecule has 0 aromatic heterocycles. The highest BCUT2D eigenvalue weighted by molar-refractivity contribution is 6.32. The second-order valence-corrected chi connectivity index (χ2v) is 5.73. The minimum atomic E-state index is -0.634. The molecule has 1 atom stereocenters. The molecule has 3 rings (SSSR count). The number of ether oxygens (including phenoxy) is 3. The first-order valence-corrected chi connectivity index (χ1v) is 7.70. The van der Waals surface area contributed by atoms with Crippen molar-refractivity contribution < 1.29 is 23.8 Å². The maximum Gasteiger partial charge on any atom is 0.252 e. The Hall–Kier alpha value is -1.99. The zero-order valence-electron chi connectivity index (χ0n) is 12.6. The van der Waals surface area contributed by atoms with Crippen LogP contribution in [0.5, 0.6) is 11.5 Å². The zero-order valence-corrected chi connectivity index (χ0v) is 13.4. The van der Waals surface area contributed by atoms with Gasteiger partial charge in [-0.2, -0.15) is 0 Å². The summed E-state index contributed by atoms with van der Waals surface area (Å²) in [5.74, 6) is 0.336. The van der Waals surface area contributed by atoms with Crippen LogP contribution in [0.1, 0.15) is 17.3 Å². The molecule has 7 nitrogen and oxygen atoms in total. The van der Waals surface area contributed by atoms with Gasteiger partial charge in [-0.25, -0.2) is 0 Å². The van der Waals surface area contributed by atoms with Crippen LogP contribution in [0.3, 0.4) is 0 Å². The maximum atomic E-state index is 12.3. The minimum Gasteiger partial charge on any atom is -0.454 e. The molecular formula is C15H17ClN2O5.